The molecule has 17 heavy (non-hydrogen) atoms. The highest BCUT2D eigenvalue weighted by molar-refractivity contribution is 5.80. The quantitative estimate of drug-likeness (QED) is 0.390. The summed E-state index contributed by atoms with van der Waals surface area (Å²) < 4.78 is 16.0. The van der Waals surface area contributed by atoms with Gasteiger partial charge in [0.1, 0.15) is 0 Å². The monoisotopic (exact) mass is 246 g/mol. The second-order valence-corrected chi connectivity index (χ2v) is 4.23. The topological polar surface area (TPSA) is 82.8 Å². The first-order chi connectivity index (χ1) is 8.21. The van der Waals surface area contributed by atoms with Gasteiger partial charge >= 0.3 is 0 Å². The number of ether oxygens (including phenoxy) is 3. The Morgan fingerprint density at radius 1 is 1.41 bits per heavy atom. The van der Waals surface area contributed by atoms with Crippen molar-refractivity contribution < 1.29 is 19.0 Å². The highest BCUT2D eigenvalue weighted by Crippen LogP contribution is 2.24. The largest absolute Gasteiger partial charge is 0.381 e. The SMILES string of the molecule is COCC(OC1CCCC(OC)C1)C(=O)NN. The molecular formula is C11H22N2O4. The molecule has 0 saturated heterocycles. The smallest absolute Gasteiger partial charge is 0.265 e. The van der Waals surface area contributed by atoms with Gasteiger partial charge in [-0.1, -0.05) is 0 Å². The zero-order valence-corrected chi connectivity index (χ0v) is 10.5. The summed E-state index contributed by atoms with van der Waals surface area (Å²) in [5, 5.41) is 0. The molecular weight excluding hydrogens is 224 g/mol. The Morgan fingerprint density at radius 2 is 2.12 bits per heavy atom. The van der Waals surface area contributed by atoms with Crippen molar-refractivity contribution in [1.82, 2.24) is 5.43 Å². The Hall–Kier alpha value is -0.690. The van der Waals surface area contributed by atoms with Crippen LogP contribution in [0.5, 0.6) is 0 Å². The zero-order valence-electron chi connectivity index (χ0n) is 10.5. The molecule has 0 aliphatic heterocycles. The van der Waals surface area contributed by atoms with Gasteiger partial charge in [-0.05, 0) is 25.7 Å². The van der Waals surface area contributed by atoms with Crippen LogP contribution in [0.1, 0.15) is 25.7 Å². The molecule has 1 aliphatic rings. The molecule has 0 aromatic carbocycles. The van der Waals surface area contributed by atoms with Crippen LogP contribution >= 0.6 is 0 Å². The number of rotatable bonds is 6. The van der Waals surface area contributed by atoms with Crippen LogP contribution in [-0.4, -0.2) is 45.0 Å². The Labute approximate surface area is 102 Å². The van der Waals surface area contributed by atoms with E-state index >= 15 is 0 Å². The van der Waals surface area contributed by atoms with E-state index in [2.05, 4.69) is 5.43 Å². The molecule has 6 heteroatoms. The molecule has 3 N–H and O–H groups in total. The van der Waals surface area contributed by atoms with Crippen molar-refractivity contribution in [3.05, 3.63) is 0 Å². The van der Waals surface area contributed by atoms with E-state index in [-0.39, 0.29) is 24.7 Å². The molecule has 0 spiro atoms. The van der Waals surface area contributed by atoms with Gasteiger partial charge in [-0.15, -0.1) is 0 Å². The summed E-state index contributed by atoms with van der Waals surface area (Å²) in [6.07, 6.45) is 3.46. The number of hydrogen-bond donors (Lipinski definition) is 2. The number of nitrogens with two attached hydrogens (primary N) is 1. The Bertz CT molecular complexity index is 238. The van der Waals surface area contributed by atoms with Gasteiger partial charge in [-0.2, -0.15) is 0 Å². The molecule has 6 nitrogen and oxygen atoms in total. The van der Waals surface area contributed by atoms with Crippen LogP contribution in [0, 0.1) is 0 Å². The minimum atomic E-state index is -0.648. The minimum Gasteiger partial charge on any atom is -0.381 e. The normalized spacial score (nSPS) is 26.5. The van der Waals surface area contributed by atoms with Crippen LogP contribution in [0.25, 0.3) is 0 Å². The van der Waals surface area contributed by atoms with Crippen LogP contribution in [0.15, 0.2) is 0 Å². The Morgan fingerprint density at radius 3 is 2.71 bits per heavy atom. The Balaban J connectivity index is 2.45. The molecule has 1 fully saturated rings. The number of carbonyl (C=O) groups is 1. The molecule has 100 valence electrons. The fraction of sp³-hybridized carbons (Fsp3) is 0.909. The van der Waals surface area contributed by atoms with E-state index in [1.165, 1.54) is 7.11 Å². The number of amides is 1. The maximum absolute atomic E-state index is 11.5. The van der Waals surface area contributed by atoms with Crippen molar-refractivity contribution >= 4 is 5.91 Å². The van der Waals surface area contributed by atoms with E-state index in [4.69, 9.17) is 20.1 Å². The third kappa shape index (κ3) is 4.59. The molecule has 1 aliphatic carbocycles. The average molecular weight is 246 g/mol. The molecule has 0 aromatic heterocycles. The van der Waals surface area contributed by atoms with Gasteiger partial charge in [-0.3, -0.25) is 10.2 Å². The second-order valence-electron chi connectivity index (χ2n) is 4.23. The first-order valence-corrected chi connectivity index (χ1v) is 5.88. The highest BCUT2D eigenvalue weighted by atomic mass is 16.5. The average Bonchev–Trinajstić information content (AvgIpc) is 2.37. The fourth-order valence-electron chi connectivity index (χ4n) is 2.09. The van der Waals surface area contributed by atoms with E-state index in [1.807, 2.05) is 0 Å². The summed E-state index contributed by atoms with van der Waals surface area (Å²) in [6, 6.07) is 0. The molecule has 0 radical (unpaired) electrons. The van der Waals surface area contributed by atoms with Gasteiger partial charge in [0.15, 0.2) is 6.10 Å². The van der Waals surface area contributed by atoms with Gasteiger partial charge in [0.2, 0.25) is 0 Å². The van der Waals surface area contributed by atoms with Gasteiger partial charge in [0.25, 0.3) is 5.91 Å². The van der Waals surface area contributed by atoms with E-state index in [9.17, 15) is 4.79 Å². The van der Waals surface area contributed by atoms with Crippen LogP contribution in [0.3, 0.4) is 0 Å². The molecule has 3 unspecified atom stereocenters. The second kappa shape index (κ2) is 7.60. The number of carbonyl (C=O) groups excluding carboxylic acids is 1. The van der Waals surface area contributed by atoms with Crippen molar-refractivity contribution in [2.75, 3.05) is 20.8 Å². The number of methoxy groups -OCH3 is 2. The Kier molecular flexibility index (Phi) is 6.43. The van der Waals surface area contributed by atoms with Gasteiger partial charge in [0, 0.05) is 14.2 Å². The summed E-state index contributed by atoms with van der Waals surface area (Å²) in [4.78, 5) is 11.5. The zero-order chi connectivity index (χ0) is 12.7. The standard InChI is InChI=1S/C11H22N2O4/c1-15-7-10(11(14)13-12)17-9-5-3-4-8(6-9)16-2/h8-10H,3-7,12H2,1-2H3,(H,13,14). The third-order valence-electron chi connectivity index (χ3n) is 3.02. The van der Waals surface area contributed by atoms with Crippen LogP contribution in [0.4, 0.5) is 0 Å². The molecule has 1 amide bonds. The van der Waals surface area contributed by atoms with Crippen molar-refractivity contribution in [3.8, 4) is 0 Å². The highest BCUT2D eigenvalue weighted by Gasteiger charge is 2.27. The van der Waals surface area contributed by atoms with Gasteiger partial charge < -0.3 is 14.2 Å². The summed E-state index contributed by atoms with van der Waals surface area (Å²) >= 11 is 0. The van der Waals surface area contributed by atoms with Gasteiger partial charge in [0.05, 0.1) is 18.8 Å². The maximum atomic E-state index is 11.5. The number of hydrogen-bond acceptors (Lipinski definition) is 5. The number of nitrogens with one attached hydrogen (secondary N) is 1. The lowest BCUT2D eigenvalue weighted by atomic mass is 9.95. The summed E-state index contributed by atoms with van der Waals surface area (Å²) in [5.41, 5.74) is 2.09. The molecule has 0 heterocycles. The molecule has 1 saturated carbocycles. The molecule has 0 aromatic rings. The summed E-state index contributed by atoms with van der Waals surface area (Å²) in [6.45, 7) is 0.206. The van der Waals surface area contributed by atoms with Crippen molar-refractivity contribution in [2.45, 2.75) is 44.0 Å². The fourth-order valence-corrected chi connectivity index (χ4v) is 2.09. The van der Waals surface area contributed by atoms with Crippen molar-refractivity contribution in [1.29, 1.82) is 0 Å². The van der Waals surface area contributed by atoms with E-state index in [1.54, 1.807) is 7.11 Å². The molecule has 0 bridgehead atoms. The van der Waals surface area contributed by atoms with E-state index in [0.29, 0.717) is 0 Å². The lowest BCUT2D eigenvalue weighted by Gasteiger charge is -2.30. The summed E-state index contributed by atoms with van der Waals surface area (Å²) in [5.74, 6) is 4.75. The predicted octanol–water partition coefficient (Wildman–Crippen LogP) is -0.0345. The first kappa shape index (κ1) is 14.4. The van der Waals surface area contributed by atoms with Crippen LogP contribution in [-0.2, 0) is 19.0 Å². The van der Waals surface area contributed by atoms with Crippen LogP contribution in [0.2, 0.25) is 0 Å². The third-order valence-corrected chi connectivity index (χ3v) is 3.02. The van der Waals surface area contributed by atoms with E-state index < -0.39 is 6.10 Å². The molecule has 3 atom stereocenters. The summed E-state index contributed by atoms with van der Waals surface area (Å²) in [7, 11) is 3.23. The minimum absolute atomic E-state index is 0.0335. The maximum Gasteiger partial charge on any atom is 0.265 e. The number of hydrazine groups is 1. The first-order valence-electron chi connectivity index (χ1n) is 5.88. The van der Waals surface area contributed by atoms with E-state index in [0.717, 1.165) is 25.7 Å². The van der Waals surface area contributed by atoms with Gasteiger partial charge in [-0.25, -0.2) is 5.84 Å². The molecule has 1 rings (SSSR count). The van der Waals surface area contributed by atoms with Crippen molar-refractivity contribution in [3.63, 3.8) is 0 Å². The van der Waals surface area contributed by atoms with Crippen LogP contribution < -0.4 is 11.3 Å². The predicted molar refractivity (Wildman–Crippen MR) is 62.1 cm³/mol. The lowest BCUT2D eigenvalue weighted by molar-refractivity contribution is -0.145. The van der Waals surface area contributed by atoms with Crippen molar-refractivity contribution in [2.24, 2.45) is 5.84 Å². The lowest BCUT2D eigenvalue weighted by Crippen LogP contribution is -2.45.